The van der Waals surface area contributed by atoms with E-state index < -0.39 is 0 Å². The van der Waals surface area contributed by atoms with Gasteiger partial charge in [-0.1, -0.05) is 19.1 Å². The van der Waals surface area contributed by atoms with Crippen molar-refractivity contribution in [3.63, 3.8) is 0 Å². The van der Waals surface area contributed by atoms with Gasteiger partial charge in [-0.25, -0.2) is 0 Å². The van der Waals surface area contributed by atoms with Gasteiger partial charge in [-0.2, -0.15) is 0 Å². The van der Waals surface area contributed by atoms with E-state index in [0.717, 1.165) is 18.1 Å². The third-order valence-corrected chi connectivity index (χ3v) is 4.43. The number of rotatable bonds is 3. The zero-order valence-electron chi connectivity index (χ0n) is 12.3. The van der Waals surface area contributed by atoms with E-state index in [1.54, 1.807) is 7.11 Å². The fraction of sp³-hybridized carbons (Fsp3) is 0.625. The van der Waals surface area contributed by atoms with Gasteiger partial charge in [-0.15, -0.1) is 12.4 Å². The minimum Gasteiger partial charge on any atom is -0.493 e. The second kappa shape index (κ2) is 6.68. The lowest BCUT2D eigenvalue weighted by atomic mass is 9.81. The molecule has 112 valence electrons. The summed E-state index contributed by atoms with van der Waals surface area (Å²) in [6.45, 7) is 5.46. The highest BCUT2D eigenvalue weighted by atomic mass is 35.5. The predicted molar refractivity (Wildman–Crippen MR) is 83.4 cm³/mol. The highest BCUT2D eigenvalue weighted by Crippen LogP contribution is 2.45. The van der Waals surface area contributed by atoms with Gasteiger partial charge in [-0.05, 0) is 38.4 Å². The summed E-state index contributed by atoms with van der Waals surface area (Å²) in [4.78, 5) is 2.61. The number of fused-ring (bicyclic) bond motifs is 3. The number of hydrogen-bond acceptors (Lipinski definition) is 3. The molecule has 0 radical (unpaired) electrons. The molecule has 3 nitrogen and oxygen atoms in total. The Kier molecular flexibility index (Phi) is 5.17. The summed E-state index contributed by atoms with van der Waals surface area (Å²) in [6.07, 6.45) is 3.78. The average molecular weight is 298 g/mol. The normalized spacial score (nSPS) is 24.9. The fourth-order valence-corrected chi connectivity index (χ4v) is 3.58. The van der Waals surface area contributed by atoms with Crippen LogP contribution in [-0.2, 0) is 0 Å². The third kappa shape index (κ3) is 2.61. The molecule has 1 fully saturated rings. The van der Waals surface area contributed by atoms with E-state index in [0.29, 0.717) is 12.0 Å². The first kappa shape index (κ1) is 15.5. The molecule has 2 atom stereocenters. The SMILES string of the molecule is CCCN1CCC[C@H]2c3cccc(OC)c3OC[C@@H]21.Cl. The molecule has 3 rings (SSSR count). The molecule has 2 aliphatic heterocycles. The first-order valence-corrected chi connectivity index (χ1v) is 7.39. The van der Waals surface area contributed by atoms with Crippen molar-refractivity contribution in [1.29, 1.82) is 0 Å². The fourth-order valence-electron chi connectivity index (χ4n) is 3.58. The lowest BCUT2D eigenvalue weighted by Gasteiger charge is -2.44. The van der Waals surface area contributed by atoms with Crippen molar-refractivity contribution in [2.24, 2.45) is 0 Å². The number of methoxy groups -OCH3 is 1. The van der Waals surface area contributed by atoms with E-state index in [1.807, 2.05) is 6.07 Å². The van der Waals surface area contributed by atoms with Crippen LogP contribution >= 0.6 is 12.4 Å². The molecule has 2 aliphatic rings. The van der Waals surface area contributed by atoms with Crippen molar-refractivity contribution in [3.05, 3.63) is 23.8 Å². The van der Waals surface area contributed by atoms with Crippen LogP contribution in [0.5, 0.6) is 11.5 Å². The molecule has 2 heterocycles. The Morgan fingerprint density at radius 1 is 1.40 bits per heavy atom. The maximum atomic E-state index is 6.02. The second-order valence-corrected chi connectivity index (χ2v) is 5.54. The molecule has 0 unspecified atom stereocenters. The Morgan fingerprint density at radius 3 is 3.00 bits per heavy atom. The summed E-state index contributed by atoms with van der Waals surface area (Å²) < 4.78 is 11.5. The van der Waals surface area contributed by atoms with Gasteiger partial charge < -0.3 is 9.47 Å². The molecular weight excluding hydrogens is 274 g/mol. The summed E-state index contributed by atoms with van der Waals surface area (Å²) in [6, 6.07) is 6.84. The summed E-state index contributed by atoms with van der Waals surface area (Å²) in [5.41, 5.74) is 1.34. The Labute approximate surface area is 127 Å². The zero-order chi connectivity index (χ0) is 13.2. The largest absolute Gasteiger partial charge is 0.493 e. The van der Waals surface area contributed by atoms with Crippen LogP contribution in [0.4, 0.5) is 0 Å². The molecule has 0 spiro atoms. The van der Waals surface area contributed by atoms with Crippen molar-refractivity contribution >= 4 is 12.4 Å². The number of halogens is 1. The van der Waals surface area contributed by atoms with E-state index in [-0.39, 0.29) is 12.4 Å². The Bertz CT molecular complexity index is 450. The molecule has 4 heteroatoms. The molecule has 1 saturated heterocycles. The van der Waals surface area contributed by atoms with Crippen LogP contribution < -0.4 is 9.47 Å². The van der Waals surface area contributed by atoms with E-state index in [1.165, 1.54) is 37.9 Å². The molecule has 1 aromatic carbocycles. The van der Waals surface area contributed by atoms with Crippen LogP contribution in [0, 0.1) is 0 Å². The van der Waals surface area contributed by atoms with Crippen molar-refractivity contribution in [2.75, 3.05) is 26.8 Å². The molecular formula is C16H24ClNO2. The van der Waals surface area contributed by atoms with Gasteiger partial charge in [0.25, 0.3) is 0 Å². The molecule has 0 amide bonds. The van der Waals surface area contributed by atoms with E-state index in [4.69, 9.17) is 9.47 Å². The van der Waals surface area contributed by atoms with Crippen molar-refractivity contribution in [3.8, 4) is 11.5 Å². The molecule has 0 bridgehead atoms. The second-order valence-electron chi connectivity index (χ2n) is 5.54. The first-order chi connectivity index (χ1) is 9.35. The van der Waals surface area contributed by atoms with Gasteiger partial charge >= 0.3 is 0 Å². The molecule has 0 aliphatic carbocycles. The number of nitrogens with zero attached hydrogens (tertiary/aromatic N) is 1. The monoisotopic (exact) mass is 297 g/mol. The third-order valence-electron chi connectivity index (χ3n) is 4.43. The summed E-state index contributed by atoms with van der Waals surface area (Å²) >= 11 is 0. The summed E-state index contributed by atoms with van der Waals surface area (Å²) in [5, 5.41) is 0. The molecule has 0 saturated carbocycles. The lowest BCUT2D eigenvalue weighted by molar-refractivity contribution is 0.0643. The van der Waals surface area contributed by atoms with Gasteiger partial charge in [0.15, 0.2) is 11.5 Å². The van der Waals surface area contributed by atoms with Crippen LogP contribution in [0.1, 0.15) is 37.7 Å². The van der Waals surface area contributed by atoms with Crippen molar-refractivity contribution in [1.82, 2.24) is 4.90 Å². The predicted octanol–water partition coefficient (Wildman–Crippen LogP) is 3.47. The Hall–Kier alpha value is -0.930. The maximum absolute atomic E-state index is 6.02. The number of hydrogen-bond donors (Lipinski definition) is 0. The van der Waals surface area contributed by atoms with E-state index in [9.17, 15) is 0 Å². The highest BCUT2D eigenvalue weighted by molar-refractivity contribution is 5.85. The van der Waals surface area contributed by atoms with Gasteiger partial charge in [-0.3, -0.25) is 4.90 Å². The van der Waals surface area contributed by atoms with Crippen LogP contribution in [0.3, 0.4) is 0 Å². The van der Waals surface area contributed by atoms with Gasteiger partial charge in [0, 0.05) is 11.5 Å². The van der Waals surface area contributed by atoms with Gasteiger partial charge in [0.2, 0.25) is 0 Å². The summed E-state index contributed by atoms with van der Waals surface area (Å²) in [5.74, 6) is 2.47. The molecule has 0 aromatic heterocycles. The quantitative estimate of drug-likeness (QED) is 0.853. The maximum Gasteiger partial charge on any atom is 0.164 e. The number of piperidine rings is 1. The number of benzene rings is 1. The number of likely N-dealkylation sites (tertiary alicyclic amines) is 1. The van der Waals surface area contributed by atoms with Gasteiger partial charge in [0.1, 0.15) is 6.61 Å². The number of ether oxygens (including phenoxy) is 2. The molecule has 20 heavy (non-hydrogen) atoms. The molecule has 0 N–H and O–H groups in total. The van der Waals surface area contributed by atoms with Crippen LogP contribution in [0.25, 0.3) is 0 Å². The lowest BCUT2D eigenvalue weighted by Crippen LogP contribution is -2.49. The van der Waals surface area contributed by atoms with Crippen LogP contribution in [0.2, 0.25) is 0 Å². The van der Waals surface area contributed by atoms with Crippen molar-refractivity contribution in [2.45, 2.75) is 38.1 Å². The number of para-hydroxylation sites is 1. The minimum atomic E-state index is 0. The summed E-state index contributed by atoms with van der Waals surface area (Å²) in [7, 11) is 1.72. The van der Waals surface area contributed by atoms with Gasteiger partial charge in [0.05, 0.1) is 13.2 Å². The average Bonchev–Trinajstić information content (AvgIpc) is 2.47. The van der Waals surface area contributed by atoms with Crippen LogP contribution in [-0.4, -0.2) is 37.7 Å². The topological polar surface area (TPSA) is 21.7 Å². The zero-order valence-corrected chi connectivity index (χ0v) is 13.1. The van der Waals surface area contributed by atoms with E-state index in [2.05, 4.69) is 24.0 Å². The highest BCUT2D eigenvalue weighted by Gasteiger charge is 2.38. The van der Waals surface area contributed by atoms with E-state index >= 15 is 0 Å². The smallest absolute Gasteiger partial charge is 0.164 e. The Balaban J connectivity index is 0.00000147. The van der Waals surface area contributed by atoms with Crippen LogP contribution in [0.15, 0.2) is 18.2 Å². The van der Waals surface area contributed by atoms with Crippen molar-refractivity contribution < 1.29 is 9.47 Å². The minimum absolute atomic E-state index is 0. The molecule has 1 aromatic rings. The first-order valence-electron chi connectivity index (χ1n) is 7.39. The Morgan fingerprint density at radius 2 is 2.25 bits per heavy atom. The standard InChI is InChI=1S/C16H23NO2.ClH/c1-3-9-17-10-5-7-12-13-6-4-8-15(18-2)16(13)19-11-14(12)17;/h4,6,8,12,14H,3,5,7,9-11H2,1-2H3;1H/t12-,14-;/m0./s1.